The van der Waals surface area contributed by atoms with Gasteiger partial charge < -0.3 is 20.1 Å². The Morgan fingerprint density at radius 1 is 0.943 bits per heavy atom. The van der Waals surface area contributed by atoms with Crippen LogP contribution in [0.4, 0.5) is 29.3 Å². The zero-order valence-electron chi connectivity index (χ0n) is 18.5. The molecule has 0 saturated carbocycles. The number of carbonyl (C=O) groups is 1. The lowest BCUT2D eigenvalue weighted by Gasteiger charge is -2.14. The molecule has 0 saturated heterocycles. The SMILES string of the molecule is Cc1cc(C)n(-c2ccc(Oc3ccc(NC(=O)Nc4ccccc4OC(F)(F)F)cc3)nn2)n1. The van der Waals surface area contributed by atoms with Crippen molar-refractivity contribution in [2.45, 2.75) is 20.2 Å². The molecule has 9 nitrogen and oxygen atoms in total. The number of urea groups is 1. The van der Waals surface area contributed by atoms with Gasteiger partial charge in [-0.1, -0.05) is 12.1 Å². The fourth-order valence-corrected chi connectivity index (χ4v) is 3.14. The van der Waals surface area contributed by atoms with Gasteiger partial charge in [-0.2, -0.15) is 5.10 Å². The van der Waals surface area contributed by atoms with Gasteiger partial charge in [-0.15, -0.1) is 23.4 Å². The van der Waals surface area contributed by atoms with Gasteiger partial charge in [0.2, 0.25) is 5.88 Å². The third-order valence-corrected chi connectivity index (χ3v) is 4.55. The minimum atomic E-state index is -4.88. The molecule has 2 N–H and O–H groups in total. The third-order valence-electron chi connectivity index (χ3n) is 4.55. The number of aryl methyl sites for hydroxylation is 2. The van der Waals surface area contributed by atoms with E-state index in [0.29, 0.717) is 17.3 Å². The topological polar surface area (TPSA) is 103 Å². The molecule has 4 aromatic rings. The maximum absolute atomic E-state index is 12.5. The smallest absolute Gasteiger partial charge is 0.438 e. The zero-order chi connectivity index (χ0) is 25.0. The molecule has 0 aliphatic heterocycles. The van der Waals surface area contributed by atoms with Gasteiger partial charge >= 0.3 is 12.4 Å². The van der Waals surface area contributed by atoms with Gasteiger partial charge in [0.15, 0.2) is 11.6 Å². The van der Waals surface area contributed by atoms with E-state index in [4.69, 9.17) is 4.74 Å². The van der Waals surface area contributed by atoms with Gasteiger partial charge in [0.25, 0.3) is 0 Å². The highest BCUT2D eigenvalue weighted by Gasteiger charge is 2.32. The van der Waals surface area contributed by atoms with E-state index in [2.05, 4.69) is 30.7 Å². The number of nitrogens with one attached hydrogen (secondary N) is 2. The largest absolute Gasteiger partial charge is 0.573 e. The minimum absolute atomic E-state index is 0.134. The molecule has 0 fully saturated rings. The van der Waals surface area contributed by atoms with E-state index in [1.54, 1.807) is 41.1 Å². The number of amides is 2. The van der Waals surface area contributed by atoms with Crippen molar-refractivity contribution in [1.29, 1.82) is 0 Å². The van der Waals surface area contributed by atoms with Crippen molar-refractivity contribution in [3.63, 3.8) is 0 Å². The Morgan fingerprint density at radius 2 is 1.69 bits per heavy atom. The predicted molar refractivity (Wildman–Crippen MR) is 121 cm³/mol. The molecule has 2 aromatic heterocycles. The predicted octanol–water partition coefficient (Wildman–Crippen LogP) is 5.61. The molecule has 0 unspecified atom stereocenters. The number of para-hydroxylation sites is 2. The highest BCUT2D eigenvalue weighted by molar-refractivity contribution is 6.00. The van der Waals surface area contributed by atoms with Crippen molar-refractivity contribution in [2.24, 2.45) is 0 Å². The van der Waals surface area contributed by atoms with Gasteiger partial charge in [-0.3, -0.25) is 0 Å². The van der Waals surface area contributed by atoms with Crippen LogP contribution in [0.1, 0.15) is 11.4 Å². The number of rotatable bonds is 6. The number of hydrogen-bond donors (Lipinski definition) is 2. The van der Waals surface area contributed by atoms with Gasteiger partial charge in [0, 0.05) is 17.4 Å². The Bertz CT molecular complexity index is 1320. The van der Waals surface area contributed by atoms with Crippen LogP contribution in [0.15, 0.2) is 66.7 Å². The molecule has 0 atom stereocenters. The first-order valence-corrected chi connectivity index (χ1v) is 10.2. The summed E-state index contributed by atoms with van der Waals surface area (Å²) in [5, 5.41) is 17.4. The number of aromatic nitrogens is 4. The Balaban J connectivity index is 1.36. The summed E-state index contributed by atoms with van der Waals surface area (Å²) in [6.45, 7) is 3.80. The van der Waals surface area contributed by atoms with E-state index in [1.807, 2.05) is 19.9 Å². The Labute approximate surface area is 197 Å². The van der Waals surface area contributed by atoms with Gasteiger partial charge in [-0.25, -0.2) is 9.48 Å². The summed E-state index contributed by atoms with van der Waals surface area (Å²) in [5.41, 5.74) is 2.04. The van der Waals surface area contributed by atoms with Crippen LogP contribution >= 0.6 is 0 Å². The summed E-state index contributed by atoms with van der Waals surface area (Å²) < 4.78 is 48.9. The van der Waals surface area contributed by atoms with Crippen molar-refractivity contribution in [3.8, 4) is 23.2 Å². The lowest BCUT2D eigenvalue weighted by atomic mass is 10.3. The molecule has 0 aliphatic rings. The normalized spacial score (nSPS) is 11.1. The molecule has 180 valence electrons. The third kappa shape index (κ3) is 6.25. The molecule has 35 heavy (non-hydrogen) atoms. The van der Waals surface area contributed by atoms with Crippen LogP contribution in [-0.2, 0) is 0 Å². The molecule has 0 aliphatic carbocycles. The maximum Gasteiger partial charge on any atom is 0.573 e. The monoisotopic (exact) mass is 484 g/mol. The van der Waals surface area contributed by atoms with E-state index in [0.717, 1.165) is 17.5 Å². The molecule has 4 rings (SSSR count). The summed E-state index contributed by atoms with van der Waals surface area (Å²) >= 11 is 0. The molecule has 0 bridgehead atoms. The lowest BCUT2D eigenvalue weighted by Crippen LogP contribution is -2.22. The molecule has 2 heterocycles. The van der Waals surface area contributed by atoms with Crippen molar-refractivity contribution < 1.29 is 27.4 Å². The van der Waals surface area contributed by atoms with Crippen LogP contribution in [0.2, 0.25) is 0 Å². The van der Waals surface area contributed by atoms with Crippen LogP contribution in [-0.4, -0.2) is 32.4 Å². The second-order valence-electron chi connectivity index (χ2n) is 7.32. The fourth-order valence-electron chi connectivity index (χ4n) is 3.14. The van der Waals surface area contributed by atoms with Gasteiger partial charge in [0.1, 0.15) is 5.75 Å². The zero-order valence-corrected chi connectivity index (χ0v) is 18.5. The number of anilines is 2. The highest BCUT2D eigenvalue weighted by atomic mass is 19.4. The number of alkyl halides is 3. The van der Waals surface area contributed by atoms with Crippen LogP contribution in [0.5, 0.6) is 17.4 Å². The average molecular weight is 484 g/mol. The molecule has 0 spiro atoms. The first-order valence-electron chi connectivity index (χ1n) is 10.2. The summed E-state index contributed by atoms with van der Waals surface area (Å²) in [5.74, 6) is 0.725. The summed E-state index contributed by atoms with van der Waals surface area (Å²) in [6, 6.07) is 16.1. The van der Waals surface area contributed by atoms with E-state index < -0.39 is 18.1 Å². The van der Waals surface area contributed by atoms with Gasteiger partial charge in [-0.05, 0) is 62.4 Å². The second kappa shape index (κ2) is 9.71. The number of benzene rings is 2. The number of nitrogens with zero attached hydrogens (tertiary/aromatic N) is 4. The number of hydrogen-bond acceptors (Lipinski definition) is 6. The molecular formula is C23H19F3N6O3. The van der Waals surface area contributed by atoms with Crippen molar-refractivity contribution in [3.05, 3.63) is 78.1 Å². The van der Waals surface area contributed by atoms with Crippen LogP contribution in [0.25, 0.3) is 5.82 Å². The molecular weight excluding hydrogens is 465 g/mol. The van der Waals surface area contributed by atoms with E-state index in [9.17, 15) is 18.0 Å². The van der Waals surface area contributed by atoms with Crippen molar-refractivity contribution in [2.75, 3.05) is 10.6 Å². The maximum atomic E-state index is 12.5. The Morgan fingerprint density at radius 3 is 2.31 bits per heavy atom. The van der Waals surface area contributed by atoms with Gasteiger partial charge in [0.05, 0.1) is 11.4 Å². The van der Waals surface area contributed by atoms with E-state index >= 15 is 0 Å². The fraction of sp³-hybridized carbons (Fsp3) is 0.130. The molecule has 12 heteroatoms. The van der Waals surface area contributed by atoms with Crippen molar-refractivity contribution >= 4 is 17.4 Å². The quantitative estimate of drug-likeness (QED) is 0.369. The van der Waals surface area contributed by atoms with Crippen LogP contribution in [0.3, 0.4) is 0 Å². The number of ether oxygens (including phenoxy) is 2. The van der Waals surface area contributed by atoms with Crippen molar-refractivity contribution in [1.82, 2.24) is 20.0 Å². The van der Waals surface area contributed by atoms with E-state index in [-0.39, 0.29) is 11.6 Å². The molecule has 2 amide bonds. The minimum Gasteiger partial charge on any atom is -0.438 e. The number of carbonyl (C=O) groups excluding carboxylic acids is 1. The molecule has 0 radical (unpaired) electrons. The standard InChI is InChI=1S/C23H19F3N6O3/c1-14-13-15(2)32(31-14)20-11-12-21(30-29-20)34-17-9-7-16(8-10-17)27-22(33)28-18-5-3-4-6-19(18)35-23(24,25)26/h3-13H,1-2H3,(H2,27,28,33). The van der Waals surface area contributed by atoms with E-state index in [1.165, 1.54) is 18.2 Å². The number of halogens is 3. The first-order chi connectivity index (χ1) is 16.7. The lowest BCUT2D eigenvalue weighted by molar-refractivity contribution is -0.274. The first kappa shape index (κ1) is 23.5. The summed E-state index contributed by atoms with van der Waals surface area (Å²) in [7, 11) is 0. The Hall–Kier alpha value is -4.61. The Kier molecular flexibility index (Phi) is 6.53. The molecule has 2 aromatic carbocycles. The highest BCUT2D eigenvalue weighted by Crippen LogP contribution is 2.30. The van der Waals surface area contributed by atoms with Crippen LogP contribution < -0.4 is 20.1 Å². The van der Waals surface area contributed by atoms with Crippen LogP contribution in [0, 0.1) is 13.8 Å². The summed E-state index contributed by atoms with van der Waals surface area (Å²) in [4.78, 5) is 12.2. The second-order valence-corrected chi connectivity index (χ2v) is 7.32. The summed E-state index contributed by atoms with van der Waals surface area (Å²) in [6.07, 6.45) is -4.88. The average Bonchev–Trinajstić information content (AvgIpc) is 3.14.